The van der Waals surface area contributed by atoms with E-state index in [2.05, 4.69) is 26.9 Å². The number of nitrogens with zero attached hydrogens (tertiary/aromatic N) is 4. The number of benzene rings is 1. The summed E-state index contributed by atoms with van der Waals surface area (Å²) in [6.45, 7) is 5.91. The van der Waals surface area contributed by atoms with Gasteiger partial charge < -0.3 is 5.32 Å². The zero-order chi connectivity index (χ0) is 15.7. The van der Waals surface area contributed by atoms with E-state index in [9.17, 15) is 4.79 Å². The molecule has 1 amide bonds. The lowest BCUT2D eigenvalue weighted by Gasteiger charge is -2.12. The minimum Gasteiger partial charge on any atom is -0.325 e. The molecule has 0 aliphatic heterocycles. The summed E-state index contributed by atoms with van der Waals surface area (Å²) < 4.78 is 1.82. The highest BCUT2D eigenvalue weighted by atomic mass is 32.2. The van der Waals surface area contributed by atoms with Crippen molar-refractivity contribution in [2.24, 2.45) is 0 Å². The van der Waals surface area contributed by atoms with Crippen LogP contribution in [0.5, 0.6) is 0 Å². The Balaban J connectivity index is 1.65. The van der Waals surface area contributed by atoms with Gasteiger partial charge in [0.1, 0.15) is 0 Å². The van der Waals surface area contributed by atoms with Crippen LogP contribution in [0, 0.1) is 13.8 Å². The van der Waals surface area contributed by atoms with E-state index >= 15 is 0 Å². The molecule has 22 heavy (non-hydrogen) atoms. The van der Waals surface area contributed by atoms with Gasteiger partial charge in [-0.2, -0.15) is 0 Å². The van der Waals surface area contributed by atoms with Crippen molar-refractivity contribution in [2.75, 3.05) is 5.32 Å². The average Bonchev–Trinajstić information content (AvgIpc) is 3.18. The second kappa shape index (κ2) is 6.08. The zero-order valence-corrected chi connectivity index (χ0v) is 13.7. The van der Waals surface area contributed by atoms with Crippen molar-refractivity contribution in [1.29, 1.82) is 0 Å². The molecule has 1 fully saturated rings. The van der Waals surface area contributed by atoms with Crippen LogP contribution in [0.3, 0.4) is 0 Å². The number of carbonyl (C=O) groups is 1. The SMILES string of the molecule is Cc1cc(C)cc(NC(=O)C(C)Sc2nnnn2C2CC2)c1. The molecule has 3 rings (SSSR count). The molecule has 1 aliphatic carbocycles. The highest BCUT2D eigenvalue weighted by Gasteiger charge is 2.29. The fourth-order valence-electron chi connectivity index (χ4n) is 2.31. The van der Waals surface area contributed by atoms with Gasteiger partial charge in [-0.1, -0.05) is 17.8 Å². The average molecular weight is 317 g/mol. The van der Waals surface area contributed by atoms with Gasteiger partial charge in [0.25, 0.3) is 0 Å². The predicted octanol–water partition coefficient (Wildman–Crippen LogP) is 2.74. The lowest BCUT2D eigenvalue weighted by atomic mass is 10.1. The summed E-state index contributed by atoms with van der Waals surface area (Å²) in [7, 11) is 0. The van der Waals surface area contributed by atoms with E-state index in [1.54, 1.807) is 0 Å². The van der Waals surface area contributed by atoms with Gasteiger partial charge in [-0.3, -0.25) is 4.79 Å². The largest absolute Gasteiger partial charge is 0.325 e. The van der Waals surface area contributed by atoms with Crippen LogP contribution in [0.15, 0.2) is 23.4 Å². The Bertz CT molecular complexity index is 675. The third-order valence-electron chi connectivity index (χ3n) is 3.50. The smallest absolute Gasteiger partial charge is 0.237 e. The second-order valence-corrected chi connectivity index (χ2v) is 7.07. The molecule has 2 aromatic rings. The summed E-state index contributed by atoms with van der Waals surface area (Å²) in [5.74, 6) is -0.0413. The maximum Gasteiger partial charge on any atom is 0.237 e. The van der Waals surface area contributed by atoms with E-state index in [1.165, 1.54) is 11.8 Å². The molecule has 0 radical (unpaired) electrons. The van der Waals surface area contributed by atoms with Gasteiger partial charge in [0.05, 0.1) is 11.3 Å². The van der Waals surface area contributed by atoms with Gasteiger partial charge in [0.2, 0.25) is 11.1 Å². The standard InChI is InChI=1S/C15H19N5OS/c1-9-6-10(2)8-12(7-9)16-14(21)11(3)22-15-17-18-19-20(15)13-4-5-13/h6-8,11,13H,4-5H2,1-3H3,(H,16,21). The van der Waals surface area contributed by atoms with Gasteiger partial charge in [-0.15, -0.1) is 5.10 Å². The summed E-state index contributed by atoms with van der Waals surface area (Å²) in [6.07, 6.45) is 2.23. The number of aryl methyl sites for hydroxylation is 2. The van der Waals surface area contributed by atoms with E-state index in [1.807, 2.05) is 37.6 Å². The molecule has 6 nitrogen and oxygen atoms in total. The third kappa shape index (κ3) is 3.47. The molecule has 0 bridgehead atoms. The number of hydrogen-bond acceptors (Lipinski definition) is 5. The molecule has 1 heterocycles. The fraction of sp³-hybridized carbons (Fsp3) is 0.467. The predicted molar refractivity (Wildman–Crippen MR) is 86.0 cm³/mol. The number of hydrogen-bond donors (Lipinski definition) is 1. The Kier molecular flexibility index (Phi) is 4.15. The number of thioether (sulfide) groups is 1. The van der Waals surface area contributed by atoms with Gasteiger partial charge >= 0.3 is 0 Å². The Morgan fingerprint density at radius 3 is 2.64 bits per heavy atom. The Labute approximate surface area is 133 Å². The summed E-state index contributed by atoms with van der Waals surface area (Å²) >= 11 is 1.40. The van der Waals surface area contributed by atoms with Gasteiger partial charge in [-0.25, -0.2) is 4.68 Å². The summed E-state index contributed by atoms with van der Waals surface area (Å²) in [5, 5.41) is 15.2. The summed E-state index contributed by atoms with van der Waals surface area (Å²) in [6, 6.07) is 6.43. The maximum absolute atomic E-state index is 12.3. The first-order chi connectivity index (χ1) is 10.5. The minimum absolute atomic E-state index is 0.0413. The first-order valence-electron chi connectivity index (χ1n) is 7.36. The van der Waals surface area contributed by atoms with Crippen LogP contribution in [-0.4, -0.2) is 31.4 Å². The van der Waals surface area contributed by atoms with Gasteiger partial charge in [-0.05, 0) is 67.3 Å². The highest BCUT2D eigenvalue weighted by Crippen LogP contribution is 2.37. The zero-order valence-electron chi connectivity index (χ0n) is 12.9. The lowest BCUT2D eigenvalue weighted by molar-refractivity contribution is -0.115. The van der Waals surface area contributed by atoms with Crippen LogP contribution < -0.4 is 5.32 Å². The molecular weight excluding hydrogens is 298 g/mol. The molecule has 116 valence electrons. The monoisotopic (exact) mass is 317 g/mol. The molecule has 1 unspecified atom stereocenters. The molecule has 1 saturated carbocycles. The van der Waals surface area contributed by atoms with Gasteiger partial charge in [0, 0.05) is 5.69 Å². The van der Waals surface area contributed by atoms with Crippen LogP contribution in [0.25, 0.3) is 0 Å². The van der Waals surface area contributed by atoms with Gasteiger partial charge in [0.15, 0.2) is 0 Å². The van der Waals surface area contributed by atoms with Crippen molar-refractivity contribution in [2.45, 2.75) is 50.1 Å². The molecule has 1 N–H and O–H groups in total. The molecule has 0 saturated heterocycles. The minimum atomic E-state index is -0.260. The van der Waals surface area contributed by atoms with E-state index in [4.69, 9.17) is 0 Å². The highest BCUT2D eigenvalue weighted by molar-refractivity contribution is 8.00. The van der Waals surface area contributed by atoms with Crippen molar-refractivity contribution in [3.8, 4) is 0 Å². The first kappa shape index (κ1) is 15.0. The van der Waals surface area contributed by atoms with E-state index in [-0.39, 0.29) is 11.2 Å². The third-order valence-corrected chi connectivity index (χ3v) is 4.54. The van der Waals surface area contributed by atoms with Crippen molar-refractivity contribution in [3.05, 3.63) is 29.3 Å². The maximum atomic E-state index is 12.3. The number of carbonyl (C=O) groups excluding carboxylic acids is 1. The van der Waals surface area contributed by atoms with Crippen molar-refractivity contribution >= 4 is 23.4 Å². The lowest BCUT2D eigenvalue weighted by Crippen LogP contribution is -2.23. The number of rotatable bonds is 5. The van der Waals surface area contributed by atoms with Crippen molar-refractivity contribution in [1.82, 2.24) is 20.2 Å². The van der Waals surface area contributed by atoms with E-state index < -0.39 is 0 Å². The summed E-state index contributed by atoms with van der Waals surface area (Å²) in [4.78, 5) is 12.3. The molecule has 0 spiro atoms. The first-order valence-corrected chi connectivity index (χ1v) is 8.24. The Hall–Kier alpha value is -1.89. The Morgan fingerprint density at radius 1 is 1.32 bits per heavy atom. The van der Waals surface area contributed by atoms with Crippen LogP contribution in [0.4, 0.5) is 5.69 Å². The van der Waals surface area contributed by atoms with Crippen LogP contribution in [0.1, 0.15) is 36.9 Å². The number of aromatic nitrogens is 4. The normalized spacial score (nSPS) is 15.6. The molecule has 7 heteroatoms. The number of nitrogens with one attached hydrogen (secondary N) is 1. The van der Waals surface area contributed by atoms with Crippen molar-refractivity contribution < 1.29 is 4.79 Å². The molecule has 1 atom stereocenters. The number of anilines is 1. The fourth-order valence-corrected chi connectivity index (χ4v) is 3.17. The van der Waals surface area contributed by atoms with E-state index in [0.29, 0.717) is 11.2 Å². The van der Waals surface area contributed by atoms with Crippen LogP contribution in [0.2, 0.25) is 0 Å². The molecule has 1 aromatic carbocycles. The van der Waals surface area contributed by atoms with E-state index in [0.717, 1.165) is 29.7 Å². The quantitative estimate of drug-likeness (QED) is 0.858. The number of tetrazole rings is 1. The summed E-state index contributed by atoms with van der Waals surface area (Å²) in [5.41, 5.74) is 3.10. The number of amides is 1. The topological polar surface area (TPSA) is 72.7 Å². The molecule has 1 aromatic heterocycles. The molecular formula is C15H19N5OS. The van der Waals surface area contributed by atoms with Crippen molar-refractivity contribution in [3.63, 3.8) is 0 Å². The van der Waals surface area contributed by atoms with Crippen LogP contribution >= 0.6 is 11.8 Å². The molecule has 1 aliphatic rings. The second-order valence-electron chi connectivity index (χ2n) is 5.76. The van der Waals surface area contributed by atoms with Crippen LogP contribution in [-0.2, 0) is 4.79 Å². The Morgan fingerprint density at radius 2 is 2.00 bits per heavy atom.